The molecule has 0 amide bonds. The Bertz CT molecular complexity index is 1370. The number of nitro groups is 1. The second kappa shape index (κ2) is 8.01. The van der Waals surface area contributed by atoms with Crippen molar-refractivity contribution < 1.29 is 9.66 Å². The maximum absolute atomic E-state index is 12.1. The van der Waals surface area contributed by atoms with E-state index in [2.05, 4.69) is 30.9 Å². The molecule has 2 heterocycles. The van der Waals surface area contributed by atoms with Crippen LogP contribution in [0.15, 0.2) is 66.7 Å². The molecule has 1 unspecified atom stereocenters. The standard InChI is InChI=1S/C29H29N3O3/c1-28(2)24-8-6-7-9-25(24)31(5)29(28)17-16-22-18-21(19-26(32(33)34)27(22)35-29)11-10-20-12-14-23(15-13-20)30(3)4/h6-19H,1-5H3/b11-10+. The van der Waals surface area contributed by atoms with Crippen LogP contribution in [-0.4, -0.2) is 31.8 Å². The first-order chi connectivity index (χ1) is 16.6. The molecule has 0 aliphatic carbocycles. The van der Waals surface area contributed by atoms with Crippen molar-refractivity contribution in [3.05, 3.63) is 99.1 Å². The van der Waals surface area contributed by atoms with Crippen molar-refractivity contribution in [1.82, 2.24) is 0 Å². The van der Waals surface area contributed by atoms with Gasteiger partial charge in [0.1, 0.15) is 0 Å². The topological polar surface area (TPSA) is 58.9 Å². The SMILES string of the molecule is CN(C)c1ccc(/C=C/c2cc3c(c([N+](=O)[O-])c2)OC2(C=C3)N(C)c3ccccc3C2(C)C)cc1. The Labute approximate surface area is 205 Å². The quantitative estimate of drug-likeness (QED) is 0.254. The van der Waals surface area contributed by atoms with Crippen LogP contribution >= 0.6 is 0 Å². The molecule has 0 saturated heterocycles. The summed E-state index contributed by atoms with van der Waals surface area (Å²) in [6.07, 6.45) is 7.85. The van der Waals surface area contributed by atoms with Gasteiger partial charge in [0.15, 0.2) is 0 Å². The number of fused-ring (bicyclic) bond motifs is 2. The molecular weight excluding hydrogens is 438 g/mol. The molecule has 2 aliphatic rings. The van der Waals surface area contributed by atoms with Crippen molar-refractivity contribution in [2.45, 2.75) is 25.0 Å². The van der Waals surface area contributed by atoms with Gasteiger partial charge in [-0.3, -0.25) is 10.1 Å². The summed E-state index contributed by atoms with van der Waals surface area (Å²) in [7, 11) is 5.98. The zero-order chi connectivity index (χ0) is 25.0. The van der Waals surface area contributed by atoms with Gasteiger partial charge in [0.05, 0.1) is 10.3 Å². The number of rotatable bonds is 4. The van der Waals surface area contributed by atoms with Crippen molar-refractivity contribution in [2.75, 3.05) is 30.9 Å². The number of hydrogen-bond acceptors (Lipinski definition) is 5. The van der Waals surface area contributed by atoms with Crippen LogP contribution < -0.4 is 14.5 Å². The Morgan fingerprint density at radius 2 is 1.69 bits per heavy atom. The van der Waals surface area contributed by atoms with E-state index in [1.54, 1.807) is 6.07 Å². The summed E-state index contributed by atoms with van der Waals surface area (Å²) in [6.45, 7) is 4.24. The molecule has 0 fully saturated rings. The van der Waals surface area contributed by atoms with Crippen LogP contribution in [0.5, 0.6) is 5.75 Å². The normalized spacial score (nSPS) is 19.5. The molecule has 0 radical (unpaired) electrons. The van der Waals surface area contributed by atoms with Crippen LogP contribution in [0.4, 0.5) is 17.1 Å². The van der Waals surface area contributed by atoms with E-state index in [9.17, 15) is 10.1 Å². The molecule has 1 atom stereocenters. The van der Waals surface area contributed by atoms with Crippen LogP contribution in [0.25, 0.3) is 18.2 Å². The lowest BCUT2D eigenvalue weighted by atomic mass is 9.76. The third-order valence-corrected chi connectivity index (χ3v) is 7.27. The van der Waals surface area contributed by atoms with Crippen LogP contribution in [0.2, 0.25) is 0 Å². The Balaban J connectivity index is 1.53. The number of nitrogens with zero attached hydrogens (tertiary/aromatic N) is 3. The van der Waals surface area contributed by atoms with E-state index >= 15 is 0 Å². The number of anilines is 2. The number of likely N-dealkylation sites (N-methyl/N-ethyl adjacent to an activating group) is 1. The summed E-state index contributed by atoms with van der Waals surface area (Å²) in [4.78, 5) is 15.9. The van der Waals surface area contributed by atoms with Crippen molar-refractivity contribution in [3.63, 3.8) is 0 Å². The molecule has 3 aromatic carbocycles. The molecule has 6 heteroatoms. The molecule has 3 aromatic rings. The highest BCUT2D eigenvalue weighted by Crippen LogP contribution is 2.55. The summed E-state index contributed by atoms with van der Waals surface area (Å²) >= 11 is 0. The predicted molar refractivity (Wildman–Crippen MR) is 143 cm³/mol. The van der Waals surface area contributed by atoms with Gasteiger partial charge >= 0.3 is 5.69 Å². The molecule has 6 nitrogen and oxygen atoms in total. The van der Waals surface area contributed by atoms with Crippen LogP contribution in [0.1, 0.15) is 36.1 Å². The highest BCUT2D eigenvalue weighted by atomic mass is 16.6. The lowest BCUT2D eigenvalue weighted by Crippen LogP contribution is -2.58. The lowest BCUT2D eigenvalue weighted by molar-refractivity contribution is -0.386. The number of para-hydroxylation sites is 1. The predicted octanol–water partition coefficient (Wildman–Crippen LogP) is 6.36. The summed E-state index contributed by atoms with van der Waals surface area (Å²) in [6, 6.07) is 19.8. The van der Waals surface area contributed by atoms with Crippen LogP contribution in [-0.2, 0) is 5.41 Å². The molecule has 1 spiro atoms. The molecule has 0 aromatic heterocycles. The maximum atomic E-state index is 12.1. The van der Waals surface area contributed by atoms with E-state index < -0.39 is 11.1 Å². The largest absolute Gasteiger partial charge is 0.456 e. The fourth-order valence-electron chi connectivity index (χ4n) is 5.20. The average molecular weight is 468 g/mol. The Hall–Kier alpha value is -4.06. The Morgan fingerprint density at radius 3 is 2.34 bits per heavy atom. The first-order valence-corrected chi connectivity index (χ1v) is 11.6. The first-order valence-electron chi connectivity index (χ1n) is 11.6. The van der Waals surface area contributed by atoms with Gasteiger partial charge in [-0.25, -0.2) is 0 Å². The summed E-state index contributed by atoms with van der Waals surface area (Å²) in [5.41, 5.74) is 4.49. The van der Waals surface area contributed by atoms with E-state index in [1.807, 2.05) is 92.8 Å². The molecule has 0 N–H and O–H groups in total. The molecule has 0 saturated carbocycles. The Morgan fingerprint density at radius 1 is 1.00 bits per heavy atom. The number of nitro benzene ring substituents is 1. The third kappa shape index (κ3) is 3.48. The van der Waals surface area contributed by atoms with Gasteiger partial charge in [0.2, 0.25) is 11.5 Å². The second-order valence-electron chi connectivity index (χ2n) is 9.87. The van der Waals surface area contributed by atoms with Gasteiger partial charge in [-0.05, 0) is 67.0 Å². The number of benzene rings is 3. The first kappa shape index (κ1) is 22.7. The fourth-order valence-corrected chi connectivity index (χ4v) is 5.20. The minimum atomic E-state index is -0.861. The molecule has 5 rings (SSSR count). The zero-order valence-electron chi connectivity index (χ0n) is 20.6. The number of hydrogen-bond donors (Lipinski definition) is 0. The molecule has 0 bridgehead atoms. The minimum absolute atomic E-state index is 0.0333. The fraction of sp³-hybridized carbons (Fsp3) is 0.241. The van der Waals surface area contributed by atoms with Gasteiger partial charge in [0.25, 0.3) is 0 Å². The average Bonchev–Trinajstić information content (AvgIpc) is 3.01. The lowest BCUT2D eigenvalue weighted by Gasteiger charge is -2.45. The zero-order valence-corrected chi connectivity index (χ0v) is 20.6. The van der Waals surface area contributed by atoms with E-state index in [1.165, 1.54) is 0 Å². The van der Waals surface area contributed by atoms with Crippen molar-refractivity contribution in [2.24, 2.45) is 0 Å². The summed E-state index contributed by atoms with van der Waals surface area (Å²) < 4.78 is 6.60. The minimum Gasteiger partial charge on any atom is -0.456 e. The van der Waals surface area contributed by atoms with E-state index in [-0.39, 0.29) is 10.6 Å². The summed E-state index contributed by atoms with van der Waals surface area (Å²) in [5.74, 6) is 0.303. The van der Waals surface area contributed by atoms with Crippen molar-refractivity contribution >= 4 is 35.3 Å². The van der Waals surface area contributed by atoms with Crippen molar-refractivity contribution in [1.29, 1.82) is 0 Å². The Kier molecular flexibility index (Phi) is 5.20. The second-order valence-corrected chi connectivity index (χ2v) is 9.87. The third-order valence-electron chi connectivity index (χ3n) is 7.27. The van der Waals surface area contributed by atoms with Gasteiger partial charge in [0, 0.05) is 44.1 Å². The van der Waals surface area contributed by atoms with E-state index in [0.29, 0.717) is 11.3 Å². The van der Waals surface area contributed by atoms with Gasteiger partial charge < -0.3 is 14.5 Å². The maximum Gasteiger partial charge on any atom is 0.312 e. The highest BCUT2D eigenvalue weighted by molar-refractivity contribution is 5.79. The van der Waals surface area contributed by atoms with E-state index in [4.69, 9.17) is 4.74 Å². The van der Waals surface area contributed by atoms with Gasteiger partial charge in [-0.15, -0.1) is 0 Å². The number of ether oxygens (including phenoxy) is 1. The monoisotopic (exact) mass is 467 g/mol. The smallest absolute Gasteiger partial charge is 0.312 e. The van der Waals surface area contributed by atoms with E-state index in [0.717, 1.165) is 28.1 Å². The molecule has 2 aliphatic heterocycles. The summed E-state index contributed by atoms with van der Waals surface area (Å²) in [5, 5.41) is 12.1. The van der Waals surface area contributed by atoms with Crippen molar-refractivity contribution in [3.8, 4) is 5.75 Å². The highest BCUT2D eigenvalue weighted by Gasteiger charge is 2.58. The van der Waals surface area contributed by atoms with Crippen LogP contribution in [0.3, 0.4) is 0 Å². The molecular formula is C29H29N3O3. The van der Waals surface area contributed by atoms with Gasteiger partial charge in [-0.1, -0.05) is 42.5 Å². The molecule has 35 heavy (non-hydrogen) atoms. The molecule has 178 valence electrons. The van der Waals surface area contributed by atoms with Gasteiger partial charge in [-0.2, -0.15) is 0 Å². The van der Waals surface area contributed by atoms with Crippen LogP contribution in [0, 0.1) is 10.1 Å².